The van der Waals surface area contributed by atoms with Gasteiger partial charge in [0.2, 0.25) is 0 Å². The third kappa shape index (κ3) is 6.87. The van der Waals surface area contributed by atoms with E-state index >= 15 is 0 Å². The first-order valence-corrected chi connectivity index (χ1v) is 9.50. The molecule has 0 saturated carbocycles. The van der Waals surface area contributed by atoms with Gasteiger partial charge < -0.3 is 14.6 Å². The van der Waals surface area contributed by atoms with Crippen LogP contribution in [0, 0.1) is 0 Å². The minimum atomic E-state index is -0.739. The van der Waals surface area contributed by atoms with Crippen LogP contribution >= 0.6 is 0 Å². The van der Waals surface area contributed by atoms with Gasteiger partial charge in [-0.3, -0.25) is 4.79 Å². The summed E-state index contributed by atoms with van der Waals surface area (Å²) in [5, 5.41) is 9.10. The highest BCUT2D eigenvalue weighted by atomic mass is 16.7. The number of ether oxygens (including phenoxy) is 2. The predicted octanol–water partition coefficient (Wildman–Crippen LogP) is 5.89. The molecule has 4 aromatic carbocycles. The Balaban J connectivity index is 0.000000176. The van der Waals surface area contributed by atoms with E-state index in [1.54, 1.807) is 72.8 Å². The van der Waals surface area contributed by atoms with E-state index < -0.39 is 6.16 Å². The summed E-state index contributed by atoms with van der Waals surface area (Å²) in [5.74, 6) is 1.06. The number of benzene rings is 4. The zero-order valence-corrected chi connectivity index (χ0v) is 16.5. The fourth-order valence-corrected chi connectivity index (χ4v) is 2.56. The van der Waals surface area contributed by atoms with Crippen molar-refractivity contribution in [1.82, 2.24) is 0 Å². The Morgan fingerprint density at radius 1 is 0.516 bits per heavy atom. The number of phenols is 1. The van der Waals surface area contributed by atoms with Crippen LogP contribution in [-0.4, -0.2) is 17.0 Å². The van der Waals surface area contributed by atoms with Crippen molar-refractivity contribution < 1.29 is 24.2 Å². The highest BCUT2D eigenvalue weighted by Gasteiger charge is 2.07. The fourth-order valence-electron chi connectivity index (χ4n) is 2.56. The molecule has 1 N–H and O–H groups in total. The average molecular weight is 412 g/mol. The molecule has 0 aliphatic rings. The highest BCUT2D eigenvalue weighted by Crippen LogP contribution is 2.14. The molecule has 4 aromatic rings. The number of hydrogen-bond acceptors (Lipinski definition) is 5. The van der Waals surface area contributed by atoms with Gasteiger partial charge in [0.05, 0.1) is 0 Å². The zero-order chi connectivity index (χ0) is 21.9. The fraction of sp³-hybridized carbons (Fsp3) is 0. The molecule has 31 heavy (non-hydrogen) atoms. The molecule has 0 aromatic heterocycles. The second-order valence-electron chi connectivity index (χ2n) is 6.32. The molecule has 5 nitrogen and oxygen atoms in total. The van der Waals surface area contributed by atoms with Crippen LogP contribution in [0.2, 0.25) is 0 Å². The van der Waals surface area contributed by atoms with Crippen molar-refractivity contribution in [3.05, 3.63) is 126 Å². The van der Waals surface area contributed by atoms with Crippen LogP contribution in [0.25, 0.3) is 0 Å². The van der Waals surface area contributed by atoms with Crippen LogP contribution in [0.4, 0.5) is 4.79 Å². The van der Waals surface area contributed by atoms with Gasteiger partial charge in [0.25, 0.3) is 0 Å². The van der Waals surface area contributed by atoms with Gasteiger partial charge in [-0.2, -0.15) is 0 Å². The maximum atomic E-state index is 11.9. The van der Waals surface area contributed by atoms with E-state index in [-0.39, 0.29) is 11.5 Å². The van der Waals surface area contributed by atoms with Gasteiger partial charge in [-0.25, -0.2) is 4.79 Å². The lowest BCUT2D eigenvalue weighted by Gasteiger charge is -2.04. The minimum absolute atomic E-state index is 0.0319. The van der Waals surface area contributed by atoms with Crippen molar-refractivity contribution in [2.24, 2.45) is 0 Å². The van der Waals surface area contributed by atoms with E-state index in [1.165, 1.54) is 12.1 Å². The summed E-state index contributed by atoms with van der Waals surface area (Å²) < 4.78 is 9.91. The Morgan fingerprint density at radius 2 is 0.903 bits per heavy atom. The van der Waals surface area contributed by atoms with Crippen molar-refractivity contribution >= 4 is 11.9 Å². The third-order valence-corrected chi connectivity index (χ3v) is 4.05. The lowest BCUT2D eigenvalue weighted by molar-refractivity contribution is 0.103. The molecule has 0 amide bonds. The van der Waals surface area contributed by atoms with Crippen LogP contribution in [0.5, 0.6) is 17.2 Å². The Hall–Kier alpha value is -4.38. The first-order valence-electron chi connectivity index (χ1n) is 9.50. The van der Waals surface area contributed by atoms with Crippen LogP contribution in [0.3, 0.4) is 0 Å². The summed E-state index contributed by atoms with van der Waals surface area (Å²) >= 11 is 0. The summed E-state index contributed by atoms with van der Waals surface area (Å²) in [5.41, 5.74) is 1.24. The Kier molecular flexibility index (Phi) is 7.55. The number of phenolic OH excluding ortho intramolecular Hbond substituents is 1. The van der Waals surface area contributed by atoms with Crippen molar-refractivity contribution in [3.8, 4) is 17.2 Å². The molecule has 0 aliphatic heterocycles. The van der Waals surface area contributed by atoms with Gasteiger partial charge in [-0.15, -0.1) is 0 Å². The highest BCUT2D eigenvalue weighted by molar-refractivity contribution is 6.08. The van der Waals surface area contributed by atoms with Gasteiger partial charge >= 0.3 is 6.16 Å². The second kappa shape index (κ2) is 11.0. The monoisotopic (exact) mass is 412 g/mol. The number of carbonyl (C=O) groups excluding carboxylic acids is 2. The molecule has 5 heteroatoms. The first kappa shape index (κ1) is 21.3. The quantitative estimate of drug-likeness (QED) is 0.257. The molecule has 0 fully saturated rings. The zero-order valence-electron chi connectivity index (χ0n) is 16.5. The summed E-state index contributed by atoms with van der Waals surface area (Å²) in [6.45, 7) is 0. The van der Waals surface area contributed by atoms with Gasteiger partial charge in [0.15, 0.2) is 5.78 Å². The number of carbonyl (C=O) groups is 2. The van der Waals surface area contributed by atoms with Crippen molar-refractivity contribution in [2.45, 2.75) is 0 Å². The second-order valence-corrected chi connectivity index (χ2v) is 6.32. The smallest absolute Gasteiger partial charge is 0.508 e. The SMILES string of the molecule is O=C(Oc1ccccc1)Oc1ccccc1.O=C(c1ccccc1)c1ccc(O)cc1. The van der Waals surface area contributed by atoms with E-state index in [2.05, 4.69) is 0 Å². The van der Waals surface area contributed by atoms with Crippen LogP contribution in [0.15, 0.2) is 115 Å². The van der Waals surface area contributed by atoms with Gasteiger partial charge in [0, 0.05) is 11.1 Å². The van der Waals surface area contributed by atoms with E-state index in [0.29, 0.717) is 22.6 Å². The normalized spacial score (nSPS) is 9.68. The van der Waals surface area contributed by atoms with Crippen LogP contribution < -0.4 is 9.47 Å². The summed E-state index contributed by atoms with van der Waals surface area (Å²) in [7, 11) is 0. The molecule has 4 rings (SSSR count). The van der Waals surface area contributed by atoms with Crippen molar-refractivity contribution in [1.29, 1.82) is 0 Å². The lowest BCUT2D eigenvalue weighted by Crippen LogP contribution is -2.13. The largest absolute Gasteiger partial charge is 0.519 e. The topological polar surface area (TPSA) is 72.8 Å². The summed E-state index contributed by atoms with van der Waals surface area (Å²) in [4.78, 5) is 23.2. The van der Waals surface area contributed by atoms with E-state index in [1.807, 2.05) is 30.3 Å². The van der Waals surface area contributed by atoms with E-state index in [4.69, 9.17) is 14.6 Å². The Labute approximate surface area is 180 Å². The van der Waals surface area contributed by atoms with Crippen molar-refractivity contribution in [3.63, 3.8) is 0 Å². The number of ketones is 1. The number of hydrogen-bond donors (Lipinski definition) is 1. The van der Waals surface area contributed by atoms with E-state index in [9.17, 15) is 9.59 Å². The molecule has 0 atom stereocenters. The van der Waals surface area contributed by atoms with Crippen molar-refractivity contribution in [2.75, 3.05) is 0 Å². The molecule has 0 aliphatic carbocycles. The van der Waals surface area contributed by atoms with Gasteiger partial charge in [-0.05, 0) is 48.5 Å². The molecule has 0 heterocycles. The molecule has 0 bridgehead atoms. The molecule has 0 radical (unpaired) electrons. The molecule has 0 saturated heterocycles. The van der Waals surface area contributed by atoms with Gasteiger partial charge in [-0.1, -0.05) is 66.7 Å². The third-order valence-electron chi connectivity index (χ3n) is 4.05. The first-order chi connectivity index (χ1) is 15.1. The standard InChI is InChI=1S/C13H10O3.C13H10O2/c14-13(15-11-7-3-1-4-8-11)16-12-9-5-2-6-10-12;14-12-8-6-11(7-9-12)13(15)10-4-2-1-3-5-10/h1-10H;1-9,14H. The minimum Gasteiger partial charge on any atom is -0.508 e. The Morgan fingerprint density at radius 3 is 1.35 bits per heavy atom. The number of aromatic hydroxyl groups is 1. The van der Waals surface area contributed by atoms with Crippen LogP contribution in [0.1, 0.15) is 15.9 Å². The summed E-state index contributed by atoms with van der Waals surface area (Å²) in [6.07, 6.45) is -0.739. The molecule has 0 unspecified atom stereocenters. The number of para-hydroxylation sites is 2. The Bertz CT molecular complexity index is 1050. The lowest BCUT2D eigenvalue weighted by atomic mass is 10.0. The summed E-state index contributed by atoms with van der Waals surface area (Å²) in [6, 6.07) is 32.9. The number of rotatable bonds is 4. The maximum absolute atomic E-state index is 11.9. The molecular weight excluding hydrogens is 392 g/mol. The predicted molar refractivity (Wildman–Crippen MR) is 118 cm³/mol. The molecule has 154 valence electrons. The van der Waals surface area contributed by atoms with Crippen LogP contribution in [-0.2, 0) is 0 Å². The maximum Gasteiger partial charge on any atom is 0.519 e. The average Bonchev–Trinajstić information content (AvgIpc) is 2.81. The molecule has 0 spiro atoms. The molecular formula is C26H20O5. The van der Waals surface area contributed by atoms with Gasteiger partial charge in [0.1, 0.15) is 17.2 Å². The van der Waals surface area contributed by atoms with E-state index in [0.717, 1.165) is 0 Å².